The van der Waals surface area contributed by atoms with Crippen LogP contribution >= 0.6 is 0 Å². The molecule has 0 radical (unpaired) electrons. The van der Waals surface area contributed by atoms with Gasteiger partial charge in [0.05, 0.1) is 60.6 Å². The highest BCUT2D eigenvalue weighted by atomic mass is 16.7. The summed E-state index contributed by atoms with van der Waals surface area (Å²) in [6.45, 7) is 5.29. The smallest absolute Gasteiger partial charge is 0.311 e. The van der Waals surface area contributed by atoms with Crippen molar-refractivity contribution in [3.8, 4) is 0 Å². The van der Waals surface area contributed by atoms with Gasteiger partial charge in [-0.05, 0) is 32.6 Å². The lowest BCUT2D eigenvalue weighted by molar-refractivity contribution is -0.306. The molecule has 3 aliphatic rings. The Morgan fingerprint density at radius 2 is 1.67 bits per heavy atom. The molecule has 306 valence electrons. The molecule has 2 saturated heterocycles. The van der Waals surface area contributed by atoms with Crippen LogP contribution in [0.5, 0.6) is 0 Å². The summed E-state index contributed by atoms with van der Waals surface area (Å²) in [7, 11) is 0. The van der Waals surface area contributed by atoms with Gasteiger partial charge in [-0.25, -0.2) is 0 Å². The summed E-state index contributed by atoms with van der Waals surface area (Å²) in [5.74, 6) is -6.00. The third-order valence-electron chi connectivity index (χ3n) is 10.2. The van der Waals surface area contributed by atoms with Gasteiger partial charge in [0.25, 0.3) is 0 Å². The van der Waals surface area contributed by atoms with Gasteiger partial charge in [-0.15, -0.1) is 0 Å². The summed E-state index contributed by atoms with van der Waals surface area (Å²) in [5.41, 5.74) is 11.7. The van der Waals surface area contributed by atoms with E-state index < -0.39 is 103 Å². The van der Waals surface area contributed by atoms with Gasteiger partial charge in [-0.1, -0.05) is 68.9 Å². The number of carbonyl (C=O) groups excluding carboxylic acids is 3. The molecule has 10 N–H and O–H groups in total. The topological polar surface area (TPSA) is 262 Å². The van der Waals surface area contributed by atoms with Crippen LogP contribution in [0.15, 0.2) is 48.6 Å². The maximum Gasteiger partial charge on any atom is 0.311 e. The highest BCUT2D eigenvalue weighted by Gasteiger charge is 2.50. The summed E-state index contributed by atoms with van der Waals surface area (Å²) in [6, 6.07) is -1.08. The number of rotatable bonds is 6. The maximum absolute atomic E-state index is 13.0. The maximum atomic E-state index is 13.0. The second-order valence-corrected chi connectivity index (χ2v) is 14.7. The van der Waals surface area contributed by atoms with E-state index in [4.69, 9.17) is 30.4 Å². The number of ether oxygens (including phenoxy) is 4. The number of allylic oxidation sites excluding steroid dienone is 6. The van der Waals surface area contributed by atoms with Crippen molar-refractivity contribution in [2.75, 3.05) is 0 Å². The summed E-state index contributed by atoms with van der Waals surface area (Å²) in [6.07, 6.45) is 3.91. The minimum absolute atomic E-state index is 0.00114. The van der Waals surface area contributed by atoms with E-state index in [1.54, 1.807) is 56.4 Å². The lowest BCUT2D eigenvalue weighted by Crippen LogP contribution is -2.61. The van der Waals surface area contributed by atoms with Gasteiger partial charge in [-0.3, -0.25) is 14.4 Å². The molecule has 15 heteroatoms. The zero-order valence-corrected chi connectivity index (χ0v) is 31.6. The average Bonchev–Trinajstić information content (AvgIpc) is 3.08. The van der Waals surface area contributed by atoms with Crippen molar-refractivity contribution in [1.82, 2.24) is 0 Å². The van der Waals surface area contributed by atoms with Crippen LogP contribution in [0.4, 0.5) is 0 Å². The van der Waals surface area contributed by atoms with Gasteiger partial charge in [-0.2, -0.15) is 0 Å². The predicted molar refractivity (Wildman–Crippen MR) is 197 cm³/mol. The molecule has 0 aromatic rings. The third-order valence-corrected chi connectivity index (χ3v) is 10.2. The van der Waals surface area contributed by atoms with Crippen molar-refractivity contribution in [3.63, 3.8) is 0 Å². The molecule has 15 nitrogen and oxygen atoms in total. The molecule has 3 heterocycles. The van der Waals surface area contributed by atoms with Crippen LogP contribution < -0.4 is 11.5 Å². The number of fused-ring (bicyclic) bond motifs is 2. The number of ketones is 1. The largest absolute Gasteiger partial charge is 0.462 e. The number of primary amides is 1. The highest BCUT2D eigenvalue weighted by Crippen LogP contribution is 2.38. The Balaban J connectivity index is 1.90. The lowest BCUT2D eigenvalue weighted by Gasteiger charge is -2.45. The molecule has 2 bridgehead atoms. The van der Waals surface area contributed by atoms with E-state index in [1.165, 1.54) is 0 Å². The summed E-state index contributed by atoms with van der Waals surface area (Å²) in [5, 5.41) is 65.3. The second-order valence-electron chi connectivity index (χ2n) is 14.7. The number of amides is 1. The summed E-state index contributed by atoms with van der Waals surface area (Å²) < 4.78 is 23.6. The molecule has 0 saturated carbocycles. The van der Waals surface area contributed by atoms with Gasteiger partial charge < -0.3 is 61.1 Å². The Morgan fingerprint density at radius 3 is 2.33 bits per heavy atom. The molecule has 54 heavy (non-hydrogen) atoms. The number of aliphatic hydroxyl groups excluding tert-OH is 5. The van der Waals surface area contributed by atoms with Crippen molar-refractivity contribution in [2.24, 2.45) is 23.3 Å². The quantitative estimate of drug-likeness (QED) is 0.176. The number of hydrogen-bond acceptors (Lipinski definition) is 14. The van der Waals surface area contributed by atoms with E-state index in [0.717, 1.165) is 6.42 Å². The molecule has 1 unspecified atom stereocenters. The van der Waals surface area contributed by atoms with Crippen molar-refractivity contribution in [1.29, 1.82) is 0 Å². The standard InChI is InChI=1S/C39H62N2O13/c1-4-14-26-17-11-9-7-6-8-10-12-18-27(53-38-35(47)33(40)34(46)23(3)51-38)20-31-32(36(41)48)30(45)22-39(50,54-31)21-25(43)16-13-15-24(42)19-29(44)28(5-2)37(49)52-26/h6-12,18,23,25-35,38,43-47,50H,4-5,13-17,19-22,40H2,1-3H3,(H2,41,48)/b7-6+,10-8+,11-9+,18-12+/t23-,25+,26+,27+,28+,29-,30+,31?,32-,33+,34-,35+,38+,39-/m1/s1. The molecule has 2 fully saturated rings. The first-order chi connectivity index (χ1) is 25.6. The molecule has 0 aromatic carbocycles. The van der Waals surface area contributed by atoms with Gasteiger partial charge in [0.1, 0.15) is 18.0 Å². The number of cyclic esters (lactones) is 1. The normalized spacial score (nSPS) is 42.3. The van der Waals surface area contributed by atoms with Gasteiger partial charge in [0.15, 0.2) is 12.1 Å². The lowest BCUT2D eigenvalue weighted by atomic mass is 9.82. The van der Waals surface area contributed by atoms with E-state index in [1.807, 2.05) is 13.0 Å². The monoisotopic (exact) mass is 766 g/mol. The second kappa shape index (κ2) is 22.0. The van der Waals surface area contributed by atoms with E-state index >= 15 is 0 Å². The van der Waals surface area contributed by atoms with Gasteiger partial charge in [0.2, 0.25) is 5.91 Å². The van der Waals surface area contributed by atoms with E-state index in [9.17, 15) is 45.0 Å². The minimum atomic E-state index is -2.10. The first kappa shape index (κ1) is 45.6. The van der Waals surface area contributed by atoms with Crippen molar-refractivity contribution < 1.29 is 64.0 Å². The highest BCUT2D eigenvalue weighted by molar-refractivity contribution is 5.80. The zero-order chi connectivity index (χ0) is 40.0. The number of hydrogen-bond donors (Lipinski definition) is 8. The zero-order valence-electron chi connectivity index (χ0n) is 31.6. The fraction of sp³-hybridized carbons (Fsp3) is 0.718. The molecule has 0 aliphatic carbocycles. The molecule has 3 rings (SSSR count). The Labute approximate surface area is 317 Å². The molecule has 3 aliphatic heterocycles. The first-order valence-corrected chi connectivity index (χ1v) is 19.1. The fourth-order valence-corrected chi connectivity index (χ4v) is 7.20. The molecule has 14 atom stereocenters. The van der Waals surface area contributed by atoms with Crippen LogP contribution in [0.1, 0.15) is 91.4 Å². The molecular formula is C39H62N2O13. The number of esters is 1. The summed E-state index contributed by atoms with van der Waals surface area (Å²) in [4.78, 5) is 38.4. The summed E-state index contributed by atoms with van der Waals surface area (Å²) >= 11 is 0. The van der Waals surface area contributed by atoms with Crippen LogP contribution in [0.3, 0.4) is 0 Å². The SMILES string of the molecule is CCC[C@H]1C/C=C/C=C/C=C/C=C/[C@H](O[C@@H]2O[C@H](C)[C@@H](O)[C@H](N)[C@@H]2O)CC2O[C@](O)(C[C@@H](O)CCCC(=O)C[C@@H](O)[C@H](CC)C(=O)O1)C[C@H](O)[C@H]2C(N)=O. The van der Waals surface area contributed by atoms with Gasteiger partial charge in [0, 0.05) is 38.5 Å². The number of aliphatic hydroxyl groups is 6. The number of carbonyl (C=O) groups is 3. The van der Waals surface area contributed by atoms with Crippen LogP contribution in [0.25, 0.3) is 0 Å². The van der Waals surface area contributed by atoms with Crippen molar-refractivity contribution >= 4 is 17.7 Å². The third kappa shape index (κ3) is 13.7. The number of Topliss-reactive ketones (excluding diaryl/α,β-unsaturated/α-hetero) is 1. The minimum Gasteiger partial charge on any atom is -0.462 e. The van der Waals surface area contributed by atoms with Crippen LogP contribution in [0, 0.1) is 11.8 Å². The van der Waals surface area contributed by atoms with E-state index in [0.29, 0.717) is 12.8 Å². The van der Waals surface area contributed by atoms with Crippen molar-refractivity contribution in [3.05, 3.63) is 48.6 Å². The fourth-order valence-electron chi connectivity index (χ4n) is 7.20. The molecular weight excluding hydrogens is 704 g/mol. The average molecular weight is 767 g/mol. The van der Waals surface area contributed by atoms with Gasteiger partial charge >= 0.3 is 5.97 Å². The van der Waals surface area contributed by atoms with Crippen LogP contribution in [-0.2, 0) is 33.3 Å². The Hall–Kier alpha value is -2.83. The molecule has 1 amide bonds. The van der Waals surface area contributed by atoms with E-state index in [2.05, 4.69) is 0 Å². The first-order valence-electron chi connectivity index (χ1n) is 19.1. The predicted octanol–water partition coefficient (Wildman–Crippen LogP) is 1.10. The molecule has 0 aromatic heterocycles. The van der Waals surface area contributed by atoms with Crippen LogP contribution in [0.2, 0.25) is 0 Å². The number of nitrogens with two attached hydrogens (primary N) is 2. The van der Waals surface area contributed by atoms with E-state index in [-0.39, 0.29) is 50.7 Å². The van der Waals surface area contributed by atoms with Crippen LogP contribution in [-0.4, -0.2) is 121 Å². The van der Waals surface area contributed by atoms with Crippen molar-refractivity contribution in [2.45, 2.75) is 164 Å². The Morgan fingerprint density at radius 1 is 0.981 bits per heavy atom. The Kier molecular flexibility index (Phi) is 18.6. The molecule has 0 spiro atoms. The Bertz CT molecular complexity index is 1320.